The highest BCUT2D eigenvalue weighted by Gasteiger charge is 2.20. The minimum Gasteiger partial charge on any atom is -0.308 e. The van der Waals surface area contributed by atoms with Crippen LogP contribution in [0.3, 0.4) is 0 Å². The van der Waals surface area contributed by atoms with Crippen LogP contribution in [0.25, 0.3) is 69.5 Å². The maximum atomic E-state index is 2.47. The second kappa shape index (κ2) is 6.84. The van der Waals surface area contributed by atoms with E-state index in [-0.39, 0.29) is 0 Å². The number of thiophene rings is 1. The van der Waals surface area contributed by atoms with Crippen molar-refractivity contribution in [2.75, 3.05) is 0 Å². The maximum absolute atomic E-state index is 2.47. The van der Waals surface area contributed by atoms with Crippen LogP contribution >= 0.6 is 34.2 Å². The summed E-state index contributed by atoms with van der Waals surface area (Å²) in [6, 6.07) is 37.6. The highest BCUT2D eigenvalue weighted by atomic mass is 127. The quantitative estimate of drug-likeness (QED) is 0.176. The van der Waals surface area contributed by atoms with Gasteiger partial charge in [0.2, 0.25) is 0 Å². The molecule has 5 aromatic carbocycles. The summed E-state index contributed by atoms with van der Waals surface area (Å²) in [5.74, 6) is 0. The smallest absolute Gasteiger partial charge is 0.0646 e. The number of nitrogens with zero attached hydrogens (tertiary/aromatic N) is 2. The number of hydrogen-bond acceptors (Lipinski definition) is 1. The van der Waals surface area contributed by atoms with E-state index in [1.807, 2.05) is 11.3 Å². The SMILES string of the molecule is In1c2ccccc2c2c3c4ccccc4n(-c4cccc5c4sc4ccccc45)c3ccc21. The molecule has 0 atom stereocenters. The summed E-state index contributed by atoms with van der Waals surface area (Å²) in [4.78, 5) is 0. The van der Waals surface area contributed by atoms with E-state index in [1.165, 1.54) is 69.5 Å². The van der Waals surface area contributed by atoms with Crippen LogP contribution in [-0.2, 0) is 0 Å². The molecule has 0 aliphatic heterocycles. The fraction of sp³-hybridized carbons (Fsp3) is 0. The first kappa shape index (κ1) is 19.0. The number of fused-ring (bicyclic) bond motifs is 10. The van der Waals surface area contributed by atoms with Crippen LogP contribution in [0.5, 0.6) is 0 Å². The number of halogens is 1. The van der Waals surface area contributed by atoms with Crippen LogP contribution in [0, 0.1) is 0 Å². The zero-order chi connectivity index (χ0) is 22.4. The molecule has 0 saturated carbocycles. The Morgan fingerprint density at radius 1 is 0.500 bits per heavy atom. The monoisotopic (exact) mass is 564 g/mol. The van der Waals surface area contributed by atoms with Crippen LogP contribution in [0.15, 0.2) is 103 Å². The van der Waals surface area contributed by atoms with Crippen molar-refractivity contribution >= 4 is 98.0 Å². The first-order chi connectivity index (χ1) is 16.8. The van der Waals surface area contributed by atoms with Crippen LogP contribution < -0.4 is 0 Å². The summed E-state index contributed by atoms with van der Waals surface area (Å²) in [6.45, 7) is 0. The van der Waals surface area contributed by atoms with Gasteiger partial charge in [-0.2, -0.15) is 0 Å². The van der Waals surface area contributed by atoms with Crippen LogP contribution in [0.1, 0.15) is 0 Å². The molecular weight excluding hydrogens is 547 g/mol. The lowest BCUT2D eigenvalue weighted by molar-refractivity contribution is 1.20. The summed E-state index contributed by atoms with van der Waals surface area (Å²) in [7, 11) is 0. The second-order valence-corrected chi connectivity index (χ2v) is 10.8. The highest BCUT2D eigenvalue weighted by molar-refractivity contribution is 14.1. The third kappa shape index (κ3) is 2.34. The van der Waals surface area contributed by atoms with Gasteiger partial charge in [0.15, 0.2) is 0 Å². The first-order valence-electron chi connectivity index (χ1n) is 11.3. The van der Waals surface area contributed by atoms with Gasteiger partial charge >= 0.3 is 0 Å². The zero-order valence-corrected chi connectivity index (χ0v) is 21.0. The normalized spacial score (nSPS) is 12.3. The molecule has 0 aliphatic carbocycles. The molecule has 0 fully saturated rings. The van der Waals surface area contributed by atoms with Crippen LogP contribution in [-0.4, -0.2) is 7.35 Å². The van der Waals surface area contributed by atoms with Gasteiger partial charge in [-0.05, 0) is 36.4 Å². The number of aromatic nitrogens is 2. The van der Waals surface area contributed by atoms with Crippen molar-refractivity contribution in [3.8, 4) is 5.69 Å². The van der Waals surface area contributed by atoms with E-state index in [0.29, 0.717) is 0 Å². The van der Waals surface area contributed by atoms with Crippen LogP contribution in [0.4, 0.5) is 0 Å². The Hall–Kier alpha value is -3.35. The molecule has 0 unspecified atom stereocenters. The zero-order valence-electron chi connectivity index (χ0n) is 18.0. The molecule has 2 nitrogen and oxygen atoms in total. The van der Waals surface area contributed by atoms with Crippen molar-refractivity contribution in [3.05, 3.63) is 103 Å². The van der Waals surface area contributed by atoms with Gasteiger partial charge in [-0.15, -0.1) is 11.3 Å². The van der Waals surface area contributed by atoms with Gasteiger partial charge < -0.3 is 4.57 Å². The molecule has 0 spiro atoms. The Labute approximate surface area is 213 Å². The van der Waals surface area contributed by atoms with E-state index in [2.05, 4.69) is 133 Å². The van der Waals surface area contributed by atoms with Crippen molar-refractivity contribution in [1.29, 1.82) is 0 Å². The molecule has 0 N–H and O–H groups in total. The van der Waals surface area contributed by atoms with Gasteiger partial charge in [-0.1, -0.05) is 66.7 Å². The fourth-order valence-electron chi connectivity index (χ4n) is 5.64. The Bertz CT molecular complexity index is 2090. The summed E-state index contributed by atoms with van der Waals surface area (Å²) < 4.78 is 7.44. The maximum Gasteiger partial charge on any atom is 0.0646 e. The summed E-state index contributed by atoms with van der Waals surface area (Å²) >= 11 is 4.32. The predicted octanol–water partition coefficient (Wildman–Crippen LogP) is 9.46. The van der Waals surface area contributed by atoms with Crippen molar-refractivity contribution in [2.45, 2.75) is 0 Å². The standard InChI is InChI=1S/C30H17IN2S/c31-33-23-13-5-2-10-21(23)29-25(33)17-16-24-28(29)20-9-1-4-12-22(20)32(24)26-14-7-11-19-18-8-3-6-15-27(18)34-30(19)26/h1-17H. The molecule has 0 saturated heterocycles. The largest absolute Gasteiger partial charge is 0.308 e. The topological polar surface area (TPSA) is 9.86 Å². The molecular formula is C30H17IN2S. The molecule has 34 heavy (non-hydrogen) atoms. The molecule has 0 amide bonds. The van der Waals surface area contributed by atoms with Crippen molar-refractivity contribution in [1.82, 2.24) is 7.35 Å². The Balaban J connectivity index is 1.62. The third-order valence-corrected chi connectivity index (χ3v) is 9.29. The van der Waals surface area contributed by atoms with Crippen LogP contribution in [0.2, 0.25) is 0 Å². The number of para-hydroxylation sites is 2. The van der Waals surface area contributed by atoms with Crippen molar-refractivity contribution in [2.24, 2.45) is 0 Å². The van der Waals surface area contributed by atoms with E-state index in [1.54, 1.807) is 0 Å². The lowest BCUT2D eigenvalue weighted by Crippen LogP contribution is -1.93. The molecule has 8 rings (SSSR count). The summed E-state index contributed by atoms with van der Waals surface area (Å²) in [6.07, 6.45) is 0. The Morgan fingerprint density at radius 2 is 1.12 bits per heavy atom. The number of benzene rings is 5. The molecule has 3 heterocycles. The van der Waals surface area contributed by atoms with Gasteiger partial charge in [0.1, 0.15) is 0 Å². The fourth-order valence-corrected chi connectivity index (χ4v) is 7.67. The average Bonchev–Trinajstić information content (AvgIpc) is 3.52. The summed E-state index contributed by atoms with van der Waals surface area (Å²) in [5, 5.41) is 7.93. The minimum atomic E-state index is 1.25. The minimum absolute atomic E-state index is 1.25. The molecule has 0 aliphatic rings. The molecule has 0 radical (unpaired) electrons. The number of rotatable bonds is 1. The first-order valence-corrected chi connectivity index (χ1v) is 13.1. The van der Waals surface area contributed by atoms with Gasteiger partial charge in [0.05, 0.1) is 55.3 Å². The molecule has 4 heteroatoms. The second-order valence-electron chi connectivity index (χ2n) is 8.76. The average molecular weight is 564 g/mol. The van der Waals surface area contributed by atoms with Crippen molar-refractivity contribution in [3.63, 3.8) is 0 Å². The lowest BCUT2D eigenvalue weighted by atomic mass is 10.1. The summed E-state index contributed by atoms with van der Waals surface area (Å²) in [5.41, 5.74) is 6.28. The Kier molecular flexibility index (Phi) is 3.82. The van der Waals surface area contributed by atoms with E-state index in [9.17, 15) is 0 Å². The van der Waals surface area contributed by atoms with Gasteiger partial charge in [-0.3, -0.25) is 2.78 Å². The van der Waals surface area contributed by atoms with Crippen molar-refractivity contribution < 1.29 is 0 Å². The molecule has 160 valence electrons. The van der Waals surface area contributed by atoms with Gasteiger partial charge in [0.25, 0.3) is 0 Å². The van der Waals surface area contributed by atoms with E-state index in [0.717, 1.165) is 0 Å². The van der Waals surface area contributed by atoms with E-state index in [4.69, 9.17) is 0 Å². The molecule has 8 aromatic rings. The third-order valence-electron chi connectivity index (χ3n) is 7.04. The van der Waals surface area contributed by atoms with E-state index < -0.39 is 0 Å². The molecule has 0 bridgehead atoms. The predicted molar refractivity (Wildman–Crippen MR) is 156 cm³/mol. The number of hydrogen-bond donors (Lipinski definition) is 0. The Morgan fingerprint density at radius 3 is 1.97 bits per heavy atom. The lowest BCUT2D eigenvalue weighted by Gasteiger charge is -2.09. The highest BCUT2D eigenvalue weighted by Crippen LogP contribution is 2.44. The van der Waals surface area contributed by atoms with E-state index >= 15 is 0 Å². The van der Waals surface area contributed by atoms with Gasteiger partial charge in [-0.25, -0.2) is 0 Å². The molecule has 3 aromatic heterocycles. The van der Waals surface area contributed by atoms with Gasteiger partial charge in [0, 0.05) is 37.0 Å².